The van der Waals surface area contributed by atoms with Crippen LogP contribution < -0.4 is 20.4 Å². The molecule has 3 heterocycles. The molecule has 1 amide bonds. The Hall–Kier alpha value is -3.01. The number of hydrogen-bond acceptors (Lipinski definition) is 8. The topological polar surface area (TPSA) is 107 Å². The monoisotopic (exact) mass is 575 g/mol. The molecule has 38 heavy (non-hydrogen) atoms. The summed E-state index contributed by atoms with van der Waals surface area (Å²) < 4.78 is 0. The van der Waals surface area contributed by atoms with Gasteiger partial charge >= 0.3 is 0 Å². The van der Waals surface area contributed by atoms with Gasteiger partial charge in [-0.25, -0.2) is 0 Å². The van der Waals surface area contributed by atoms with Crippen molar-refractivity contribution in [2.24, 2.45) is 0 Å². The second kappa shape index (κ2) is 11.8. The molecule has 5 rings (SSSR count). The maximum atomic E-state index is 12.7. The molecule has 12 heteroatoms. The van der Waals surface area contributed by atoms with E-state index in [1.54, 1.807) is 12.1 Å². The number of nitrogens with zero attached hydrogens (tertiary/aromatic N) is 5. The minimum atomic E-state index is -0.571. The third kappa shape index (κ3) is 6.17. The van der Waals surface area contributed by atoms with Gasteiger partial charge in [0.05, 0.1) is 21.3 Å². The van der Waals surface area contributed by atoms with Crippen LogP contribution in [0.3, 0.4) is 0 Å². The molecule has 0 radical (unpaired) electrons. The lowest BCUT2D eigenvalue weighted by Gasteiger charge is -2.30. The smallest absolute Gasteiger partial charge is 0.259 e. The van der Waals surface area contributed by atoms with Crippen LogP contribution in [-0.4, -0.2) is 52.1 Å². The summed E-state index contributed by atoms with van der Waals surface area (Å²) in [6, 6.07) is 7.49. The maximum absolute atomic E-state index is 12.7. The molecule has 0 bridgehead atoms. The van der Waals surface area contributed by atoms with Crippen LogP contribution in [0.4, 0.5) is 29.2 Å². The number of benzene rings is 2. The lowest BCUT2D eigenvalue weighted by Crippen LogP contribution is -2.34. The Labute approximate surface area is 236 Å². The molecule has 1 aromatic heterocycles. The average Bonchev–Trinajstić information content (AvgIpc) is 2.91. The first-order chi connectivity index (χ1) is 18.4. The minimum absolute atomic E-state index is 0.0457. The third-order valence-corrected chi connectivity index (χ3v) is 7.46. The highest BCUT2D eigenvalue weighted by Gasteiger charge is 2.21. The minimum Gasteiger partial charge on any atom is -0.507 e. The van der Waals surface area contributed by atoms with Crippen LogP contribution in [0.5, 0.6) is 5.75 Å². The number of aromatic nitrogens is 3. The molecule has 9 nitrogen and oxygen atoms in total. The highest BCUT2D eigenvalue weighted by Crippen LogP contribution is 2.36. The van der Waals surface area contributed by atoms with Gasteiger partial charge in [-0.15, -0.1) is 0 Å². The normalized spacial score (nSPS) is 15.9. The first-order valence-electron chi connectivity index (χ1n) is 12.7. The fourth-order valence-electron chi connectivity index (χ4n) is 4.65. The number of nitrogens with one attached hydrogen (secondary N) is 2. The van der Waals surface area contributed by atoms with Gasteiger partial charge in [-0.05, 0) is 68.9 Å². The zero-order valence-electron chi connectivity index (χ0n) is 20.7. The molecule has 0 aliphatic carbocycles. The summed E-state index contributed by atoms with van der Waals surface area (Å²) >= 11 is 18.9. The first kappa shape index (κ1) is 26.6. The van der Waals surface area contributed by atoms with Crippen molar-refractivity contribution in [1.82, 2.24) is 15.0 Å². The van der Waals surface area contributed by atoms with E-state index in [-0.39, 0.29) is 27.0 Å². The summed E-state index contributed by atoms with van der Waals surface area (Å²) in [5.41, 5.74) is 0.828. The number of anilines is 5. The Kier molecular flexibility index (Phi) is 8.26. The molecule has 2 saturated heterocycles. The molecular formula is C26H28Cl3N7O2. The maximum Gasteiger partial charge on any atom is 0.259 e. The number of hydrogen-bond donors (Lipinski definition) is 3. The van der Waals surface area contributed by atoms with E-state index < -0.39 is 5.91 Å². The second-order valence-corrected chi connectivity index (χ2v) is 10.7. The molecule has 3 aromatic rings. The van der Waals surface area contributed by atoms with E-state index in [4.69, 9.17) is 49.8 Å². The van der Waals surface area contributed by atoms with Crippen LogP contribution in [0.15, 0.2) is 30.3 Å². The molecule has 200 valence electrons. The van der Waals surface area contributed by atoms with E-state index in [0.29, 0.717) is 28.6 Å². The van der Waals surface area contributed by atoms with Crippen molar-refractivity contribution in [3.05, 3.63) is 51.0 Å². The molecule has 2 fully saturated rings. The van der Waals surface area contributed by atoms with Crippen molar-refractivity contribution in [1.29, 1.82) is 0 Å². The van der Waals surface area contributed by atoms with Crippen molar-refractivity contribution < 1.29 is 9.90 Å². The number of carbonyl (C=O) groups excluding carboxylic acids is 1. The summed E-state index contributed by atoms with van der Waals surface area (Å²) in [6.45, 7) is 3.66. The summed E-state index contributed by atoms with van der Waals surface area (Å²) in [4.78, 5) is 31.3. The number of phenols is 1. The van der Waals surface area contributed by atoms with Crippen molar-refractivity contribution in [2.45, 2.75) is 38.5 Å². The van der Waals surface area contributed by atoms with E-state index in [0.717, 1.165) is 51.9 Å². The summed E-state index contributed by atoms with van der Waals surface area (Å²) in [5.74, 6) is 0.900. The quantitative estimate of drug-likeness (QED) is 0.305. The number of rotatable bonds is 6. The van der Waals surface area contributed by atoms with Gasteiger partial charge < -0.3 is 25.5 Å². The van der Waals surface area contributed by atoms with E-state index in [1.165, 1.54) is 31.0 Å². The van der Waals surface area contributed by atoms with E-state index in [2.05, 4.69) is 20.4 Å². The molecule has 2 aromatic carbocycles. The predicted molar refractivity (Wildman–Crippen MR) is 153 cm³/mol. The van der Waals surface area contributed by atoms with Crippen molar-refractivity contribution in [2.75, 3.05) is 46.6 Å². The van der Waals surface area contributed by atoms with E-state index in [9.17, 15) is 9.90 Å². The van der Waals surface area contributed by atoms with Gasteiger partial charge in [0.15, 0.2) is 0 Å². The van der Waals surface area contributed by atoms with Gasteiger partial charge in [0.1, 0.15) is 5.75 Å². The molecular weight excluding hydrogens is 549 g/mol. The van der Waals surface area contributed by atoms with Crippen molar-refractivity contribution >= 4 is 69.9 Å². The Bertz CT molecular complexity index is 1270. The van der Waals surface area contributed by atoms with Crippen LogP contribution >= 0.6 is 34.8 Å². The Morgan fingerprint density at radius 1 is 0.789 bits per heavy atom. The fraction of sp³-hybridized carbons (Fsp3) is 0.385. The molecule has 2 aliphatic rings. The van der Waals surface area contributed by atoms with E-state index in [1.807, 2.05) is 0 Å². The van der Waals surface area contributed by atoms with E-state index >= 15 is 0 Å². The third-order valence-electron chi connectivity index (χ3n) is 6.63. The fourth-order valence-corrected chi connectivity index (χ4v) is 5.40. The highest BCUT2D eigenvalue weighted by atomic mass is 35.5. The molecule has 0 unspecified atom stereocenters. The zero-order chi connectivity index (χ0) is 26.6. The highest BCUT2D eigenvalue weighted by molar-refractivity contribution is 6.40. The SMILES string of the molecule is O=C(Nc1c(Cl)cc(Nc2nc(N3CCCCC3)nc(N3CCCCC3)n2)cc1Cl)c1ccc(Cl)cc1O. The van der Waals surface area contributed by atoms with Crippen LogP contribution in [0.25, 0.3) is 0 Å². The summed E-state index contributed by atoms with van der Waals surface area (Å²) in [6.07, 6.45) is 6.87. The molecule has 3 N–H and O–H groups in total. The lowest BCUT2D eigenvalue weighted by atomic mass is 10.1. The number of aromatic hydroxyl groups is 1. The van der Waals surface area contributed by atoms with Gasteiger partial charge in [0.25, 0.3) is 5.91 Å². The second-order valence-electron chi connectivity index (χ2n) is 9.41. The average molecular weight is 577 g/mol. The van der Waals surface area contributed by atoms with Crippen molar-refractivity contribution in [3.63, 3.8) is 0 Å². The number of phenolic OH excluding ortho intramolecular Hbond substituents is 1. The van der Waals surface area contributed by atoms with Crippen LogP contribution in [0.1, 0.15) is 48.9 Å². The first-order valence-corrected chi connectivity index (χ1v) is 13.8. The largest absolute Gasteiger partial charge is 0.507 e. The predicted octanol–water partition coefficient (Wildman–Crippen LogP) is 6.51. The Morgan fingerprint density at radius 3 is 1.87 bits per heavy atom. The zero-order valence-corrected chi connectivity index (χ0v) is 23.0. The Balaban J connectivity index is 1.39. The van der Waals surface area contributed by atoms with Crippen LogP contribution in [-0.2, 0) is 0 Å². The van der Waals surface area contributed by atoms with Gasteiger partial charge in [-0.3, -0.25) is 4.79 Å². The molecule has 0 spiro atoms. The molecule has 0 atom stereocenters. The summed E-state index contributed by atoms with van der Waals surface area (Å²) in [5, 5.41) is 16.7. The van der Waals surface area contributed by atoms with Crippen LogP contribution in [0, 0.1) is 0 Å². The Morgan fingerprint density at radius 2 is 1.34 bits per heavy atom. The number of amides is 1. The van der Waals surface area contributed by atoms with Gasteiger partial charge in [-0.2, -0.15) is 15.0 Å². The standard InChI is InChI=1S/C26H28Cl3N7O2/c27-16-7-8-18(21(37)13-16)23(38)31-22-19(28)14-17(15-20(22)29)30-24-32-25(35-9-3-1-4-10-35)34-26(33-24)36-11-5-2-6-12-36/h7-8,13-15,37H,1-6,9-12H2,(H,31,38)(H,30,32,33,34). The van der Waals surface area contributed by atoms with Crippen molar-refractivity contribution in [3.8, 4) is 5.75 Å². The molecule has 0 saturated carbocycles. The summed E-state index contributed by atoms with van der Waals surface area (Å²) in [7, 11) is 0. The molecule has 2 aliphatic heterocycles. The number of carbonyl (C=O) groups is 1. The van der Waals surface area contributed by atoms with Crippen LogP contribution in [0.2, 0.25) is 15.1 Å². The van der Waals surface area contributed by atoms with Gasteiger partial charge in [0.2, 0.25) is 17.8 Å². The van der Waals surface area contributed by atoms with Gasteiger partial charge in [-0.1, -0.05) is 34.8 Å². The lowest BCUT2D eigenvalue weighted by molar-refractivity contribution is 0.102. The number of piperidine rings is 2. The van der Waals surface area contributed by atoms with Gasteiger partial charge in [0, 0.05) is 36.9 Å². The number of halogens is 3.